The van der Waals surface area contributed by atoms with Crippen LogP contribution in [0.3, 0.4) is 0 Å². The van der Waals surface area contributed by atoms with Gasteiger partial charge < -0.3 is 5.32 Å². The van der Waals surface area contributed by atoms with Gasteiger partial charge in [0, 0.05) is 37.1 Å². The molecule has 2 rings (SSSR count). The Hall–Kier alpha value is -1.26. The van der Waals surface area contributed by atoms with E-state index >= 15 is 0 Å². The lowest BCUT2D eigenvalue weighted by Crippen LogP contribution is -2.21. The fourth-order valence-electron chi connectivity index (χ4n) is 2.02. The lowest BCUT2D eigenvalue weighted by atomic mass is 10.1. The second-order valence-corrected chi connectivity index (χ2v) is 5.56. The van der Waals surface area contributed by atoms with Crippen molar-refractivity contribution in [1.82, 2.24) is 15.1 Å². The zero-order chi connectivity index (χ0) is 13.7. The average molecular weight is 275 g/mol. The van der Waals surface area contributed by atoms with Crippen molar-refractivity contribution in [3.05, 3.63) is 47.8 Å². The summed E-state index contributed by atoms with van der Waals surface area (Å²) in [5.41, 5.74) is 2.47. The van der Waals surface area contributed by atoms with Crippen LogP contribution in [0.2, 0.25) is 0 Å². The van der Waals surface area contributed by atoms with Crippen LogP contribution in [0.15, 0.2) is 41.4 Å². The highest BCUT2D eigenvalue weighted by Gasteiger charge is 2.05. The maximum Gasteiger partial charge on any atom is 0.0637 e. The number of benzene rings is 1. The van der Waals surface area contributed by atoms with Crippen LogP contribution in [0.4, 0.5) is 0 Å². The third-order valence-corrected chi connectivity index (χ3v) is 3.96. The molecule has 19 heavy (non-hydrogen) atoms. The van der Waals surface area contributed by atoms with Crippen molar-refractivity contribution < 1.29 is 0 Å². The van der Waals surface area contributed by atoms with Gasteiger partial charge in [0.15, 0.2) is 0 Å². The van der Waals surface area contributed by atoms with Crippen LogP contribution in [-0.2, 0) is 13.5 Å². The molecule has 102 valence electrons. The standard InChI is InChI=1S/C15H21N3S/c1-12(13-4-6-15(19-3)7-5-13)16-10-8-14-9-11-18(2)17-14/h4-7,9,11-12,16H,8,10H2,1-3H3. The van der Waals surface area contributed by atoms with Gasteiger partial charge in [0.25, 0.3) is 0 Å². The minimum atomic E-state index is 0.375. The summed E-state index contributed by atoms with van der Waals surface area (Å²) in [6, 6.07) is 11.2. The highest BCUT2D eigenvalue weighted by molar-refractivity contribution is 7.98. The Balaban J connectivity index is 1.81. The van der Waals surface area contributed by atoms with Gasteiger partial charge >= 0.3 is 0 Å². The van der Waals surface area contributed by atoms with Gasteiger partial charge in [0.2, 0.25) is 0 Å². The number of hydrogen-bond acceptors (Lipinski definition) is 3. The Morgan fingerprint density at radius 2 is 2.00 bits per heavy atom. The summed E-state index contributed by atoms with van der Waals surface area (Å²) in [7, 11) is 1.95. The van der Waals surface area contributed by atoms with Crippen molar-refractivity contribution in [3.63, 3.8) is 0 Å². The highest BCUT2D eigenvalue weighted by atomic mass is 32.2. The predicted molar refractivity (Wildman–Crippen MR) is 81.6 cm³/mol. The topological polar surface area (TPSA) is 29.9 Å². The first-order chi connectivity index (χ1) is 9.19. The number of thioether (sulfide) groups is 1. The van der Waals surface area contributed by atoms with E-state index < -0.39 is 0 Å². The molecule has 1 atom stereocenters. The van der Waals surface area contributed by atoms with Crippen molar-refractivity contribution in [3.8, 4) is 0 Å². The van der Waals surface area contributed by atoms with Crippen LogP contribution in [0.1, 0.15) is 24.2 Å². The SMILES string of the molecule is CSc1ccc(C(C)NCCc2ccn(C)n2)cc1. The van der Waals surface area contributed by atoms with E-state index in [1.807, 2.05) is 17.9 Å². The molecule has 1 unspecified atom stereocenters. The number of nitrogens with zero attached hydrogens (tertiary/aromatic N) is 2. The van der Waals surface area contributed by atoms with E-state index in [2.05, 4.69) is 53.9 Å². The van der Waals surface area contributed by atoms with Crippen LogP contribution in [-0.4, -0.2) is 22.6 Å². The van der Waals surface area contributed by atoms with Gasteiger partial charge in [-0.25, -0.2) is 0 Å². The van der Waals surface area contributed by atoms with Gasteiger partial charge in [-0.1, -0.05) is 12.1 Å². The maximum atomic E-state index is 4.38. The predicted octanol–water partition coefficient (Wildman–Crippen LogP) is 3.04. The summed E-state index contributed by atoms with van der Waals surface area (Å²) in [6.07, 6.45) is 5.05. The summed E-state index contributed by atoms with van der Waals surface area (Å²) in [4.78, 5) is 1.31. The smallest absolute Gasteiger partial charge is 0.0637 e. The van der Waals surface area contributed by atoms with Gasteiger partial charge in [0.1, 0.15) is 0 Å². The van der Waals surface area contributed by atoms with Crippen LogP contribution in [0, 0.1) is 0 Å². The fourth-order valence-corrected chi connectivity index (χ4v) is 2.43. The summed E-state index contributed by atoms with van der Waals surface area (Å²) >= 11 is 1.78. The van der Waals surface area contributed by atoms with Gasteiger partial charge in [-0.3, -0.25) is 4.68 Å². The van der Waals surface area contributed by atoms with E-state index in [1.165, 1.54) is 10.5 Å². The van der Waals surface area contributed by atoms with E-state index in [-0.39, 0.29) is 0 Å². The van der Waals surface area contributed by atoms with E-state index in [1.54, 1.807) is 11.8 Å². The minimum absolute atomic E-state index is 0.375. The molecule has 1 aromatic heterocycles. The molecule has 4 heteroatoms. The lowest BCUT2D eigenvalue weighted by Gasteiger charge is -2.14. The highest BCUT2D eigenvalue weighted by Crippen LogP contribution is 2.18. The molecule has 0 radical (unpaired) electrons. The van der Waals surface area contributed by atoms with Crippen molar-refractivity contribution in [2.75, 3.05) is 12.8 Å². The maximum absolute atomic E-state index is 4.38. The summed E-state index contributed by atoms with van der Waals surface area (Å²) in [5, 5.41) is 7.91. The van der Waals surface area contributed by atoms with Crippen molar-refractivity contribution in [2.45, 2.75) is 24.3 Å². The molecule has 1 aromatic carbocycles. The van der Waals surface area contributed by atoms with Gasteiger partial charge in [0.05, 0.1) is 5.69 Å². The quantitative estimate of drug-likeness (QED) is 0.822. The lowest BCUT2D eigenvalue weighted by molar-refractivity contribution is 0.571. The van der Waals surface area contributed by atoms with Crippen LogP contribution >= 0.6 is 11.8 Å². The molecule has 2 aromatic rings. The normalized spacial score (nSPS) is 12.6. The van der Waals surface area contributed by atoms with Crippen molar-refractivity contribution in [1.29, 1.82) is 0 Å². The Bertz CT molecular complexity index is 504. The summed E-state index contributed by atoms with van der Waals surface area (Å²) in [5.74, 6) is 0. The minimum Gasteiger partial charge on any atom is -0.310 e. The number of aromatic nitrogens is 2. The fraction of sp³-hybridized carbons (Fsp3) is 0.400. The Morgan fingerprint density at radius 3 is 2.58 bits per heavy atom. The van der Waals surface area contributed by atoms with Crippen molar-refractivity contribution in [2.24, 2.45) is 7.05 Å². The molecule has 1 N–H and O–H groups in total. The van der Waals surface area contributed by atoms with Crippen molar-refractivity contribution >= 4 is 11.8 Å². The van der Waals surface area contributed by atoms with E-state index in [9.17, 15) is 0 Å². The molecule has 0 fully saturated rings. The second-order valence-electron chi connectivity index (χ2n) is 4.68. The first kappa shape index (κ1) is 14.2. The average Bonchev–Trinajstić information content (AvgIpc) is 2.84. The molecular weight excluding hydrogens is 254 g/mol. The largest absolute Gasteiger partial charge is 0.310 e. The number of rotatable bonds is 6. The number of aryl methyl sites for hydroxylation is 1. The monoisotopic (exact) mass is 275 g/mol. The van der Waals surface area contributed by atoms with Gasteiger partial charge in [-0.15, -0.1) is 11.8 Å². The Morgan fingerprint density at radius 1 is 1.26 bits per heavy atom. The zero-order valence-electron chi connectivity index (χ0n) is 11.8. The first-order valence-electron chi connectivity index (χ1n) is 6.55. The molecular formula is C15H21N3S. The first-order valence-corrected chi connectivity index (χ1v) is 7.77. The Kier molecular flexibility index (Phi) is 5.05. The molecule has 0 aliphatic carbocycles. The second kappa shape index (κ2) is 6.78. The third kappa shape index (κ3) is 4.11. The third-order valence-electron chi connectivity index (χ3n) is 3.22. The number of hydrogen-bond donors (Lipinski definition) is 1. The molecule has 0 aliphatic heterocycles. The molecule has 0 amide bonds. The van der Waals surface area contributed by atoms with E-state index in [4.69, 9.17) is 0 Å². The molecule has 0 aliphatic rings. The number of nitrogens with one attached hydrogen (secondary N) is 1. The van der Waals surface area contributed by atoms with Gasteiger partial charge in [-0.2, -0.15) is 5.10 Å². The molecule has 0 saturated heterocycles. The summed E-state index contributed by atoms with van der Waals surface area (Å²) < 4.78 is 1.85. The van der Waals surface area contributed by atoms with Crippen LogP contribution < -0.4 is 5.32 Å². The van der Waals surface area contributed by atoms with E-state index in [0.717, 1.165) is 18.7 Å². The molecule has 0 bridgehead atoms. The Labute approximate surface area is 119 Å². The van der Waals surface area contributed by atoms with Crippen LogP contribution in [0.25, 0.3) is 0 Å². The summed E-state index contributed by atoms with van der Waals surface area (Å²) in [6.45, 7) is 3.15. The molecule has 0 saturated carbocycles. The van der Waals surface area contributed by atoms with Crippen LogP contribution in [0.5, 0.6) is 0 Å². The molecule has 1 heterocycles. The zero-order valence-corrected chi connectivity index (χ0v) is 12.6. The molecule has 0 spiro atoms. The van der Waals surface area contributed by atoms with E-state index in [0.29, 0.717) is 6.04 Å². The van der Waals surface area contributed by atoms with Gasteiger partial charge in [-0.05, 0) is 36.9 Å². The molecule has 3 nitrogen and oxygen atoms in total.